The van der Waals surface area contributed by atoms with Gasteiger partial charge in [0, 0.05) is 75.1 Å². The van der Waals surface area contributed by atoms with E-state index in [0.29, 0.717) is 34.2 Å². The van der Waals surface area contributed by atoms with E-state index in [1.807, 2.05) is 18.7 Å². The third-order valence-corrected chi connectivity index (χ3v) is 13.9. The highest BCUT2D eigenvalue weighted by Gasteiger charge is 2.33. The molecule has 1 unspecified atom stereocenters. The van der Waals surface area contributed by atoms with Crippen LogP contribution in [0.2, 0.25) is 0 Å². The van der Waals surface area contributed by atoms with E-state index in [9.17, 15) is 71.5 Å². The van der Waals surface area contributed by atoms with Gasteiger partial charge in [-0.15, -0.1) is 0 Å². The summed E-state index contributed by atoms with van der Waals surface area (Å²) in [6.45, 7) is 14.1. The van der Waals surface area contributed by atoms with E-state index in [1.54, 1.807) is 107 Å². The predicted molar refractivity (Wildman–Crippen MR) is 329 cm³/mol. The van der Waals surface area contributed by atoms with Gasteiger partial charge < -0.3 is 54.7 Å². The standard InChI is InChI=1S/C65H77F4N9O16/c1-62(2,26-53(80)94-56-54(68)46(66)25-47(67)55(56)69)34-91-37-64(5,6)61(89)70-21-22-90-35-63(3,4)36-92-38-65(7,8)76-52(79)33-93-45-23-43(31-77(27-39-13-9-17-48(72-39)57(81)82)28-40-14-10-18-49(73-40)58(83)84)71-44(24-45)32-78(29-41-15-11-19-50(74-41)59(85)86)30-42-16-12-20-51(75-42)60(87)88/h9-19,23-25,51H,20-22,26-38H2,1-8H3,(H,70,89)(H,76,79)(H,81,82)(H,83,84)(H,85,86)(H,87,88). The number of aromatic nitrogens is 4. The van der Waals surface area contributed by atoms with Crippen molar-refractivity contribution in [3.8, 4) is 11.5 Å². The van der Waals surface area contributed by atoms with Crippen LogP contribution in [-0.2, 0) is 66.1 Å². The van der Waals surface area contributed by atoms with Crippen molar-refractivity contribution < 1.29 is 95.2 Å². The average molecular weight is 1320 g/mol. The second kappa shape index (κ2) is 33.1. The number of rotatable bonds is 37. The molecule has 0 saturated heterocycles. The first-order valence-corrected chi connectivity index (χ1v) is 29.6. The quantitative estimate of drug-likeness (QED) is 0.00737. The Labute approximate surface area is 539 Å². The number of hydrogen-bond acceptors (Lipinski definition) is 19. The summed E-state index contributed by atoms with van der Waals surface area (Å²) in [6, 6.07) is 15.7. The summed E-state index contributed by atoms with van der Waals surface area (Å²) in [5.41, 5.74) is -1.88. The predicted octanol–water partition coefficient (Wildman–Crippen LogP) is 7.49. The Bertz CT molecular complexity index is 3540. The highest BCUT2D eigenvalue weighted by atomic mass is 19.2. The van der Waals surface area contributed by atoms with Crippen LogP contribution in [0.1, 0.15) is 128 Å². The number of ether oxygens (including phenoxy) is 5. The fraction of sp³-hybridized carbons (Fsp3) is 0.446. The maximum atomic E-state index is 14.0. The van der Waals surface area contributed by atoms with E-state index in [0.717, 1.165) is 0 Å². The molecule has 25 nitrogen and oxygen atoms in total. The van der Waals surface area contributed by atoms with Crippen molar-refractivity contribution in [2.24, 2.45) is 21.2 Å². The van der Waals surface area contributed by atoms with E-state index in [4.69, 9.17) is 23.9 Å². The monoisotopic (exact) mass is 1320 g/mol. The number of dihydropyridines is 1. The lowest BCUT2D eigenvalue weighted by Crippen LogP contribution is -2.49. The van der Waals surface area contributed by atoms with Crippen molar-refractivity contribution >= 4 is 47.4 Å². The van der Waals surface area contributed by atoms with Gasteiger partial charge in [-0.05, 0) is 82.0 Å². The number of aliphatic carboxylic acids is 1. The van der Waals surface area contributed by atoms with Crippen LogP contribution in [0.4, 0.5) is 17.6 Å². The molecule has 0 saturated carbocycles. The van der Waals surface area contributed by atoms with Crippen molar-refractivity contribution in [1.82, 2.24) is 40.4 Å². The molecule has 6 rings (SSSR count). The Morgan fingerprint density at radius 3 is 1.57 bits per heavy atom. The smallest absolute Gasteiger partial charge is 0.354 e. The molecule has 29 heteroatoms. The second-order valence-corrected chi connectivity index (χ2v) is 25.3. The number of aliphatic imine (C=N–C) groups is 1. The number of aromatic carboxylic acids is 3. The maximum absolute atomic E-state index is 14.0. The SMILES string of the molecule is CC(C)(COCCNC(=O)C(C)(C)COCC(C)(C)CC(=O)Oc1c(F)c(F)cc(F)c1F)COCC(C)(C)NC(=O)COc1cc(CN(CC2=NC(C(=O)O)CC=C2)Cc2cccc(C(=O)O)n2)nc(CN(Cc2cccc(C(=O)O)n2)Cc2cccc(C(=O)O)n2)c1. The lowest BCUT2D eigenvalue weighted by Gasteiger charge is -2.30. The molecule has 5 heterocycles. The minimum atomic E-state index is -1.85. The number of carbonyl (C=O) groups is 7. The number of hydrogen-bond donors (Lipinski definition) is 6. The van der Waals surface area contributed by atoms with Gasteiger partial charge in [0.25, 0.3) is 5.91 Å². The largest absolute Gasteiger partial charge is 0.484 e. The average Bonchev–Trinajstić information content (AvgIpc) is 0.843. The van der Waals surface area contributed by atoms with E-state index < -0.39 is 106 Å². The number of nitrogens with zero attached hydrogens (tertiary/aromatic N) is 7. The summed E-state index contributed by atoms with van der Waals surface area (Å²) in [4.78, 5) is 113. The van der Waals surface area contributed by atoms with Crippen LogP contribution in [0.3, 0.4) is 0 Å². The number of esters is 1. The molecule has 1 aromatic carbocycles. The van der Waals surface area contributed by atoms with Crippen LogP contribution in [0, 0.1) is 39.5 Å². The van der Waals surface area contributed by atoms with Crippen LogP contribution in [-0.4, -0.2) is 168 Å². The number of pyridine rings is 4. The van der Waals surface area contributed by atoms with Gasteiger partial charge in [-0.3, -0.25) is 34.2 Å². The van der Waals surface area contributed by atoms with Gasteiger partial charge in [-0.1, -0.05) is 52.0 Å². The Kier molecular flexibility index (Phi) is 26.0. The van der Waals surface area contributed by atoms with Crippen molar-refractivity contribution in [1.29, 1.82) is 0 Å². The zero-order valence-corrected chi connectivity index (χ0v) is 53.3. The highest BCUT2D eigenvalue weighted by Crippen LogP contribution is 2.30. The maximum Gasteiger partial charge on any atom is 0.354 e. The summed E-state index contributed by atoms with van der Waals surface area (Å²) in [7, 11) is 0. The lowest BCUT2D eigenvalue weighted by molar-refractivity contribution is -0.140. The van der Waals surface area contributed by atoms with Gasteiger partial charge in [-0.25, -0.2) is 42.9 Å². The van der Waals surface area contributed by atoms with Crippen molar-refractivity contribution in [3.05, 3.63) is 154 Å². The molecule has 0 fully saturated rings. The Balaban J connectivity index is 1.07. The topological polar surface area (TPSA) is 341 Å². The zero-order chi connectivity index (χ0) is 69.1. The Hall–Kier alpha value is -9.16. The minimum absolute atomic E-state index is 0.00328. The Morgan fingerprint density at radius 1 is 0.585 bits per heavy atom. The van der Waals surface area contributed by atoms with E-state index in [1.165, 1.54) is 18.2 Å². The molecule has 1 atom stereocenters. The molecular weight excluding hydrogens is 1240 g/mol. The minimum Gasteiger partial charge on any atom is -0.484 e. The fourth-order valence-corrected chi connectivity index (χ4v) is 9.44. The lowest BCUT2D eigenvalue weighted by atomic mass is 9.90. The molecule has 5 aromatic rings. The first-order chi connectivity index (χ1) is 44.1. The first kappa shape index (κ1) is 73.9. The fourth-order valence-electron chi connectivity index (χ4n) is 9.44. The number of carboxylic acids is 4. The molecule has 4 aromatic heterocycles. The molecule has 2 amide bonds. The van der Waals surface area contributed by atoms with Gasteiger partial charge in [0.1, 0.15) is 22.8 Å². The van der Waals surface area contributed by atoms with Crippen molar-refractivity contribution in [2.75, 3.05) is 59.3 Å². The molecule has 1 aliphatic rings. The molecular formula is C65H77F4N9O16. The van der Waals surface area contributed by atoms with E-state index in [-0.39, 0.29) is 127 Å². The molecule has 0 aliphatic carbocycles. The molecule has 0 bridgehead atoms. The summed E-state index contributed by atoms with van der Waals surface area (Å²) >= 11 is 0. The molecule has 506 valence electrons. The van der Waals surface area contributed by atoms with Gasteiger partial charge in [0.15, 0.2) is 24.3 Å². The molecule has 0 radical (unpaired) electrons. The highest BCUT2D eigenvalue weighted by molar-refractivity contribution is 5.99. The normalized spacial score (nSPS) is 13.6. The van der Waals surface area contributed by atoms with Crippen LogP contribution in [0.25, 0.3) is 0 Å². The summed E-state index contributed by atoms with van der Waals surface area (Å²) in [5, 5.41) is 44.8. The van der Waals surface area contributed by atoms with Gasteiger partial charge >= 0.3 is 29.8 Å². The molecule has 0 spiro atoms. The molecule has 6 N–H and O–H groups in total. The van der Waals surface area contributed by atoms with E-state index in [2.05, 4.69) is 35.3 Å². The number of benzene rings is 1. The number of carboxylic acid groups (broad SMARTS) is 4. The van der Waals surface area contributed by atoms with E-state index >= 15 is 0 Å². The summed E-state index contributed by atoms with van der Waals surface area (Å²) in [5.74, 6) is -15.4. The second-order valence-electron chi connectivity index (χ2n) is 25.3. The van der Waals surface area contributed by atoms with Crippen molar-refractivity contribution in [2.45, 2.75) is 113 Å². The Morgan fingerprint density at radius 2 is 1.06 bits per heavy atom. The zero-order valence-electron chi connectivity index (χ0n) is 53.3. The number of nitrogens with one attached hydrogen (secondary N) is 2. The number of amides is 2. The summed E-state index contributed by atoms with van der Waals surface area (Å²) in [6.07, 6.45) is 3.13. The van der Waals surface area contributed by atoms with Gasteiger partial charge in [0.2, 0.25) is 23.3 Å². The van der Waals surface area contributed by atoms with Gasteiger partial charge in [-0.2, -0.15) is 8.78 Å². The number of carbonyl (C=O) groups excluding carboxylic acids is 3. The van der Waals surface area contributed by atoms with Crippen molar-refractivity contribution in [3.63, 3.8) is 0 Å². The van der Waals surface area contributed by atoms with Gasteiger partial charge in [0.05, 0.1) is 85.5 Å². The molecule has 94 heavy (non-hydrogen) atoms. The number of halogens is 4. The van der Waals surface area contributed by atoms with Crippen LogP contribution in [0.5, 0.6) is 11.5 Å². The molecule has 1 aliphatic heterocycles. The third-order valence-electron chi connectivity index (χ3n) is 13.9. The first-order valence-electron chi connectivity index (χ1n) is 29.6. The van der Waals surface area contributed by atoms with Crippen LogP contribution < -0.4 is 20.1 Å². The third kappa shape index (κ3) is 23.8. The van der Waals surface area contributed by atoms with Crippen LogP contribution in [0.15, 0.2) is 89.9 Å². The van der Waals surface area contributed by atoms with Crippen LogP contribution >= 0.6 is 0 Å². The summed E-state index contributed by atoms with van der Waals surface area (Å²) < 4.78 is 83.9.